The van der Waals surface area contributed by atoms with Crippen molar-refractivity contribution in [3.8, 4) is 5.75 Å². The summed E-state index contributed by atoms with van der Waals surface area (Å²) in [5.74, 6) is 1.36. The Hall–Kier alpha value is -3.02. The van der Waals surface area contributed by atoms with Gasteiger partial charge in [-0.1, -0.05) is 11.6 Å². The molecule has 14 heteroatoms. The maximum atomic E-state index is 13.4. The molecule has 2 saturated heterocycles. The van der Waals surface area contributed by atoms with Crippen LogP contribution in [0.5, 0.6) is 5.75 Å². The summed E-state index contributed by atoms with van der Waals surface area (Å²) in [6.07, 6.45) is 7.01. The molecule has 45 heavy (non-hydrogen) atoms. The number of rotatable bonds is 9. The molecule has 4 aromatic rings. The number of ether oxygens (including phenoxy) is 1. The third kappa shape index (κ3) is 6.76. The molecule has 0 spiro atoms. The van der Waals surface area contributed by atoms with Crippen molar-refractivity contribution in [3.63, 3.8) is 0 Å². The minimum atomic E-state index is -2.76. The topological polar surface area (TPSA) is 112 Å². The predicted octanol–water partition coefficient (Wildman–Crippen LogP) is 5.79. The van der Waals surface area contributed by atoms with Crippen LogP contribution >= 0.6 is 34.7 Å². The average Bonchev–Trinajstić information content (AvgIpc) is 2.98. The van der Waals surface area contributed by atoms with E-state index in [9.17, 15) is 4.57 Å². The highest BCUT2D eigenvalue weighted by molar-refractivity contribution is 9.10. The first kappa shape index (κ1) is 31.9. The van der Waals surface area contributed by atoms with Gasteiger partial charge in [0.05, 0.1) is 41.2 Å². The Morgan fingerprint density at radius 2 is 1.78 bits per heavy atom. The van der Waals surface area contributed by atoms with E-state index < -0.39 is 7.14 Å². The number of hydrogen-bond acceptors (Lipinski definition) is 11. The summed E-state index contributed by atoms with van der Waals surface area (Å²) in [4.78, 5) is 25.3. The van der Waals surface area contributed by atoms with E-state index in [2.05, 4.69) is 81.4 Å². The fourth-order valence-electron chi connectivity index (χ4n) is 6.07. The Labute approximate surface area is 277 Å². The summed E-state index contributed by atoms with van der Waals surface area (Å²) in [7, 11) is 3.22. The molecule has 0 atom stereocenters. The molecule has 2 aliphatic heterocycles. The summed E-state index contributed by atoms with van der Waals surface area (Å²) in [5, 5.41) is 7.46. The fraction of sp³-hybridized carbons (Fsp3) is 0.419. The van der Waals surface area contributed by atoms with Gasteiger partial charge in [0, 0.05) is 61.2 Å². The first-order chi connectivity index (χ1) is 21.5. The van der Waals surface area contributed by atoms with Crippen LogP contribution in [0.15, 0.2) is 47.3 Å². The highest BCUT2D eigenvalue weighted by Gasteiger charge is 2.35. The monoisotopic (exact) mass is 713 g/mol. The number of aromatic nitrogens is 4. The van der Waals surface area contributed by atoms with Crippen molar-refractivity contribution >= 4 is 79.8 Å². The Bertz CT molecular complexity index is 1760. The standard InChI is InChI=1S/C31H38BrClN9O2P/c1-40(2)20-17-42(18-20)19-8-12-41(13-9-19)26-15-27(44-3)25(14-21(26)32)38-31-36-16-22(33)30(39-31)37-24-7-6-23-28(35-11-10-34-23)29(24)45(4,5)43/h6-7,10-11,14-16,19-20H,8-9,12-13,17-18H2,1-5H3,(H2,36,37,38,39). The van der Waals surface area contributed by atoms with Gasteiger partial charge in [0.1, 0.15) is 23.4 Å². The summed E-state index contributed by atoms with van der Waals surface area (Å²) in [6.45, 7) is 7.72. The van der Waals surface area contributed by atoms with Crippen molar-refractivity contribution in [1.29, 1.82) is 0 Å². The number of likely N-dealkylation sites (N-methyl/N-ethyl adjacent to an activating group) is 1. The minimum Gasteiger partial charge on any atom is -0.494 e. The van der Waals surface area contributed by atoms with E-state index in [4.69, 9.17) is 16.3 Å². The SMILES string of the molecule is COc1cc(N2CCC(N3CC(N(C)C)C3)CC2)c(Br)cc1Nc1ncc(Cl)c(Nc2ccc3nccnc3c2P(C)(C)=O)n1. The van der Waals surface area contributed by atoms with Gasteiger partial charge < -0.3 is 29.7 Å². The summed E-state index contributed by atoms with van der Waals surface area (Å²) < 4.78 is 20.1. The smallest absolute Gasteiger partial charge is 0.229 e. The van der Waals surface area contributed by atoms with Crippen molar-refractivity contribution in [2.24, 2.45) is 0 Å². The Balaban J connectivity index is 1.20. The maximum Gasteiger partial charge on any atom is 0.229 e. The van der Waals surface area contributed by atoms with Crippen molar-refractivity contribution in [2.45, 2.75) is 24.9 Å². The molecule has 0 aliphatic carbocycles. The van der Waals surface area contributed by atoms with Crippen molar-refractivity contribution < 1.29 is 9.30 Å². The van der Waals surface area contributed by atoms with Gasteiger partial charge in [-0.2, -0.15) is 4.98 Å². The number of benzene rings is 2. The van der Waals surface area contributed by atoms with Crippen LogP contribution in [0.1, 0.15) is 12.8 Å². The minimum absolute atomic E-state index is 0.315. The van der Waals surface area contributed by atoms with Gasteiger partial charge in [0.25, 0.3) is 0 Å². The molecule has 0 saturated carbocycles. The van der Waals surface area contributed by atoms with E-state index in [1.54, 1.807) is 32.8 Å². The molecule has 2 fully saturated rings. The van der Waals surface area contributed by atoms with Gasteiger partial charge in [-0.25, -0.2) is 4.98 Å². The van der Waals surface area contributed by atoms with Crippen LogP contribution < -0.4 is 25.6 Å². The molecule has 11 nitrogen and oxygen atoms in total. The zero-order valence-electron chi connectivity index (χ0n) is 26.1. The highest BCUT2D eigenvalue weighted by Crippen LogP contribution is 2.42. The average molecular weight is 715 g/mol. The molecule has 0 amide bonds. The number of anilines is 5. The second-order valence-electron chi connectivity index (χ2n) is 12.2. The second kappa shape index (κ2) is 13.0. The van der Waals surface area contributed by atoms with Crippen LogP contribution in [0.4, 0.5) is 28.8 Å². The first-order valence-electron chi connectivity index (χ1n) is 14.9. The zero-order valence-corrected chi connectivity index (χ0v) is 29.3. The van der Waals surface area contributed by atoms with Gasteiger partial charge in [0.2, 0.25) is 5.95 Å². The van der Waals surface area contributed by atoms with Crippen LogP contribution in [-0.2, 0) is 4.57 Å². The molecule has 238 valence electrons. The van der Waals surface area contributed by atoms with E-state index in [0.29, 0.717) is 62.3 Å². The molecule has 4 heterocycles. The van der Waals surface area contributed by atoms with Crippen LogP contribution in [0.3, 0.4) is 0 Å². The molecule has 6 rings (SSSR count). The Kier molecular flexibility index (Phi) is 9.23. The predicted molar refractivity (Wildman–Crippen MR) is 187 cm³/mol. The third-order valence-corrected chi connectivity index (χ3v) is 11.0. The number of likely N-dealkylation sites (tertiary alicyclic amines) is 1. The van der Waals surface area contributed by atoms with Crippen molar-refractivity contribution in [2.75, 3.05) is 76.2 Å². The third-order valence-electron chi connectivity index (χ3n) is 8.61. The maximum absolute atomic E-state index is 13.4. The summed E-state index contributed by atoms with van der Waals surface area (Å²) >= 11 is 10.3. The van der Waals surface area contributed by atoms with Crippen molar-refractivity contribution in [1.82, 2.24) is 29.7 Å². The highest BCUT2D eigenvalue weighted by atomic mass is 79.9. The van der Waals surface area contributed by atoms with Gasteiger partial charge in [-0.3, -0.25) is 14.9 Å². The van der Waals surface area contributed by atoms with E-state index in [1.165, 1.54) is 6.20 Å². The van der Waals surface area contributed by atoms with Crippen molar-refractivity contribution in [3.05, 3.63) is 52.4 Å². The molecule has 0 radical (unpaired) electrons. The van der Waals surface area contributed by atoms with Crippen LogP contribution in [0.25, 0.3) is 11.0 Å². The summed E-state index contributed by atoms with van der Waals surface area (Å²) in [6, 6.07) is 9.02. The number of piperidine rings is 1. The summed E-state index contributed by atoms with van der Waals surface area (Å²) in [5.41, 5.74) is 3.65. The van der Waals surface area contributed by atoms with E-state index >= 15 is 0 Å². The molecule has 2 N–H and O–H groups in total. The van der Waals surface area contributed by atoms with Gasteiger partial charge >= 0.3 is 0 Å². The van der Waals surface area contributed by atoms with Crippen LogP contribution in [0, 0.1) is 0 Å². The number of fused-ring (bicyclic) bond motifs is 1. The lowest BCUT2D eigenvalue weighted by Crippen LogP contribution is -2.62. The molecule has 2 aromatic carbocycles. The molecule has 0 unspecified atom stereocenters. The largest absolute Gasteiger partial charge is 0.494 e. The van der Waals surface area contributed by atoms with Crippen LogP contribution in [-0.4, -0.2) is 103 Å². The fourth-order valence-corrected chi connectivity index (χ4v) is 8.19. The molecular weight excluding hydrogens is 677 g/mol. The second-order valence-corrected chi connectivity index (χ2v) is 16.6. The number of nitrogens with zero attached hydrogens (tertiary/aromatic N) is 7. The lowest BCUT2D eigenvalue weighted by molar-refractivity contribution is 0.0188. The molecule has 0 bridgehead atoms. The Morgan fingerprint density at radius 1 is 1.04 bits per heavy atom. The molecule has 2 aromatic heterocycles. The van der Waals surface area contributed by atoms with Gasteiger partial charge in [-0.05, 0) is 74.4 Å². The lowest BCUT2D eigenvalue weighted by atomic mass is 9.96. The van der Waals surface area contributed by atoms with Crippen LogP contribution in [0.2, 0.25) is 5.02 Å². The van der Waals surface area contributed by atoms with E-state index in [1.807, 2.05) is 18.2 Å². The van der Waals surface area contributed by atoms with E-state index in [0.717, 1.165) is 49.2 Å². The molecule has 2 aliphatic rings. The van der Waals surface area contributed by atoms with Gasteiger partial charge in [0.15, 0.2) is 5.82 Å². The molecular formula is C31H38BrClN9O2P. The van der Waals surface area contributed by atoms with E-state index in [-0.39, 0.29) is 0 Å². The zero-order chi connectivity index (χ0) is 31.9. The number of methoxy groups -OCH3 is 1. The van der Waals surface area contributed by atoms with Gasteiger partial charge in [-0.15, -0.1) is 0 Å². The quantitative estimate of drug-likeness (QED) is 0.206. The lowest BCUT2D eigenvalue weighted by Gasteiger charge is -2.49. The Morgan fingerprint density at radius 3 is 2.47 bits per heavy atom. The normalized spacial score (nSPS) is 16.7. The number of nitrogens with one attached hydrogen (secondary N) is 2. The number of hydrogen-bond donors (Lipinski definition) is 2. The first-order valence-corrected chi connectivity index (χ1v) is 18.7. The number of halogens is 2.